The third-order valence-corrected chi connectivity index (χ3v) is 22.6. The average molecular weight is 1910 g/mol. The molecule has 14 atom stereocenters. The average Bonchev–Trinajstić information content (AvgIpc) is 0.943. The van der Waals surface area contributed by atoms with Crippen molar-refractivity contribution in [2.24, 2.45) is 46.2 Å². The number of aromatic amines is 1. The SMILES string of the molecule is CCCCCCCCCCCCCCCC(=O)N[C@@H](CCCCN)C(=O)N[C@@H](CCCCN)C(=O)N[C@@H](CC(C)C)C(=O)N[C@@H](CCCNC(=N)N)C(=O)N[C@@H](CO)C(=O)N[C@H](CCSC)C(=O)N[C@H](C(=O)N[C@@H](CC(=O)O)C(=O)N[C@@H](CCCCN)C(=O)N[C@@H](Cc1ccc(O)cc1)C(=O)N[C@@H](CCCNC(=N)N)C(=O)N[C@@H](CC(C)C)C(=O)N[C@@H](Cc1c[nH]cn1)C(N)=O)[C@@H](C)O. The number of unbranched alkanes of at least 4 members (excludes halogenated alkanes) is 15. The van der Waals surface area contributed by atoms with Crippen LogP contribution in [0.5, 0.6) is 5.75 Å². The number of imidazole rings is 1. The molecule has 0 aliphatic heterocycles. The molecule has 1 aromatic heterocycles. The van der Waals surface area contributed by atoms with Crippen molar-refractivity contribution in [3.8, 4) is 5.75 Å². The number of aliphatic hydroxyl groups excluding tert-OH is 2. The first kappa shape index (κ1) is 119. The predicted molar refractivity (Wildman–Crippen MR) is 509 cm³/mol. The minimum absolute atomic E-state index is 0.00220. The molecule has 0 radical (unpaired) electrons. The smallest absolute Gasteiger partial charge is 0.305 e. The number of aliphatic hydroxyl groups is 2. The van der Waals surface area contributed by atoms with E-state index in [2.05, 4.69) is 96.6 Å². The van der Waals surface area contributed by atoms with Crippen LogP contribution in [0.25, 0.3) is 0 Å². The molecule has 0 saturated heterocycles. The second-order valence-corrected chi connectivity index (χ2v) is 35.7. The second kappa shape index (κ2) is 68.9. The number of carboxylic acids is 1. The summed E-state index contributed by atoms with van der Waals surface area (Å²) in [4.78, 5) is 219. The molecular weight excluding hydrogens is 1760 g/mol. The number of thioether (sulfide) groups is 1. The monoisotopic (exact) mass is 1910 g/mol. The Kier molecular flexibility index (Phi) is 61.2. The molecule has 44 nitrogen and oxygen atoms in total. The van der Waals surface area contributed by atoms with Crippen LogP contribution in [0.1, 0.15) is 252 Å². The van der Waals surface area contributed by atoms with Crippen LogP contribution in [0.3, 0.4) is 0 Å². The maximum absolute atomic E-state index is 14.8. The summed E-state index contributed by atoms with van der Waals surface area (Å²) in [5.41, 5.74) is 35.0. The van der Waals surface area contributed by atoms with Crippen molar-refractivity contribution in [3.05, 3.63) is 48.0 Å². The number of carboxylic acid groups (broad SMARTS) is 1. The van der Waals surface area contributed by atoms with Gasteiger partial charge in [0.1, 0.15) is 84.3 Å². The molecule has 0 fully saturated rings. The van der Waals surface area contributed by atoms with Crippen molar-refractivity contribution in [2.45, 2.75) is 338 Å². The van der Waals surface area contributed by atoms with Crippen LogP contribution in [-0.2, 0) is 84.8 Å². The number of hydrogen-bond acceptors (Lipinski definition) is 25. The molecule has 2 aromatic rings. The molecule has 0 bridgehead atoms. The minimum atomic E-state index is -2.10. The predicted octanol–water partition coefficient (Wildman–Crippen LogP) is -1.22. The topological polar surface area (TPSA) is 750 Å². The molecule has 134 heavy (non-hydrogen) atoms. The van der Waals surface area contributed by atoms with E-state index in [1.165, 1.54) is 99.9 Å². The van der Waals surface area contributed by atoms with Gasteiger partial charge in [-0.2, -0.15) is 11.8 Å². The van der Waals surface area contributed by atoms with Gasteiger partial charge >= 0.3 is 5.97 Å². The number of carbonyl (C=O) groups excluding carboxylic acids is 14. The number of benzene rings is 1. The lowest BCUT2D eigenvalue weighted by Crippen LogP contribution is -2.62. The first-order valence-corrected chi connectivity index (χ1v) is 48.5. The Morgan fingerprint density at radius 1 is 0.418 bits per heavy atom. The Bertz CT molecular complexity index is 3910. The van der Waals surface area contributed by atoms with E-state index in [4.69, 9.17) is 45.2 Å². The minimum Gasteiger partial charge on any atom is -0.508 e. The molecule has 34 N–H and O–H groups in total. The van der Waals surface area contributed by atoms with Crippen LogP contribution in [0.15, 0.2) is 36.8 Å². The number of rotatable bonds is 75. The van der Waals surface area contributed by atoms with Gasteiger partial charge in [0.15, 0.2) is 11.9 Å². The van der Waals surface area contributed by atoms with E-state index in [1.54, 1.807) is 34.0 Å². The molecule has 0 saturated carbocycles. The number of aromatic hydroxyl groups is 1. The highest BCUT2D eigenvalue weighted by atomic mass is 32.2. The number of phenols is 1. The lowest BCUT2D eigenvalue weighted by Gasteiger charge is -2.29. The van der Waals surface area contributed by atoms with E-state index in [9.17, 15) is 92.3 Å². The fourth-order valence-electron chi connectivity index (χ4n) is 14.5. The van der Waals surface area contributed by atoms with Gasteiger partial charge in [-0.1, -0.05) is 124 Å². The van der Waals surface area contributed by atoms with Gasteiger partial charge in [-0.25, -0.2) is 4.98 Å². The van der Waals surface area contributed by atoms with E-state index in [-0.39, 0.29) is 152 Å². The summed E-state index contributed by atoms with van der Waals surface area (Å²) in [5, 5.41) is 96.4. The summed E-state index contributed by atoms with van der Waals surface area (Å²) in [5.74, 6) is -16.4. The summed E-state index contributed by atoms with van der Waals surface area (Å²) >= 11 is 1.21. The Balaban J connectivity index is 2.51. The molecular formula is C89H157N25O19S. The fourth-order valence-corrected chi connectivity index (χ4v) is 15.0. The molecule has 0 aliphatic carbocycles. The first-order valence-electron chi connectivity index (χ1n) is 47.1. The molecule has 2 rings (SSSR count). The van der Waals surface area contributed by atoms with Crippen molar-refractivity contribution >= 4 is 112 Å². The van der Waals surface area contributed by atoms with Crippen LogP contribution >= 0.6 is 11.8 Å². The standard InChI is InChI=1S/C89H157N25O19S/c1-8-9-10-11-12-13-14-15-16-17-18-19-20-34-72(118)102-60(29-21-24-40-90)76(122)103-61(30-22-25-41-91)77(123)109-67(46-54(2)3)82(128)105-64(33-28-44-100-89(96)97)80(126)113-71(52-115)86(132)107-65(39-45-134-7)81(127)114-74(56(6)116)87(133)112-70(50-73(119)120)85(131)104-62(31-23-26-42-92)78(124)111-69(48-57-35-37-59(117)38-36-57)84(130)106-63(32-27-43-99-88(94)95)79(125)110-68(47-55(4)5)83(129)108-66(75(93)121)49-58-51-98-53-101-58/h35-38,51,53-56,60-71,74,115-117H,8-34,39-50,52,90-92H2,1-7H3,(H2,93,121)(H,98,101)(H,102,118)(H,103,122)(H,104,131)(H,105,128)(H,106,130)(H,107,132)(H,108,129)(H,109,123)(H,110,125)(H,111,124)(H,112,133)(H,113,126)(H,114,127)(H,119,120)(H4,94,95,99)(H4,96,97,100)/t56-,60+,61+,62+,63+,64+,65-,66+,67+,68+,69+,70+,71+,74+/m1/s1. The molecule has 1 heterocycles. The summed E-state index contributed by atoms with van der Waals surface area (Å²) in [6.07, 6.45) is 17.7. The van der Waals surface area contributed by atoms with Crippen molar-refractivity contribution in [3.63, 3.8) is 0 Å². The van der Waals surface area contributed by atoms with Gasteiger partial charge in [-0.05, 0) is 177 Å². The molecule has 14 amide bonds. The zero-order valence-corrected chi connectivity index (χ0v) is 80.0. The summed E-state index contributed by atoms with van der Waals surface area (Å²) in [6, 6.07) is -14.8. The lowest BCUT2D eigenvalue weighted by atomic mass is 10.0. The Morgan fingerprint density at radius 2 is 0.769 bits per heavy atom. The fraction of sp³-hybridized carbons (Fsp3) is 0.708. The van der Waals surface area contributed by atoms with E-state index in [0.717, 1.165) is 32.6 Å². The van der Waals surface area contributed by atoms with E-state index in [0.29, 0.717) is 49.9 Å². The highest BCUT2D eigenvalue weighted by Crippen LogP contribution is 2.19. The number of H-pyrrole nitrogens is 1. The third kappa shape index (κ3) is 51.4. The molecule has 45 heteroatoms. The highest BCUT2D eigenvalue weighted by molar-refractivity contribution is 7.98. The van der Waals surface area contributed by atoms with Crippen molar-refractivity contribution < 1.29 is 92.3 Å². The number of carbonyl (C=O) groups is 15. The van der Waals surface area contributed by atoms with Gasteiger partial charge < -0.3 is 140 Å². The number of nitrogens with zero attached hydrogens (tertiary/aromatic N) is 1. The van der Waals surface area contributed by atoms with E-state index < -0.39 is 192 Å². The summed E-state index contributed by atoms with van der Waals surface area (Å²) in [7, 11) is 0. The van der Waals surface area contributed by atoms with Gasteiger partial charge in [0.2, 0.25) is 82.7 Å². The molecule has 0 unspecified atom stereocenters. The van der Waals surface area contributed by atoms with Crippen LogP contribution in [0.4, 0.5) is 0 Å². The van der Waals surface area contributed by atoms with Gasteiger partial charge in [0.25, 0.3) is 0 Å². The molecule has 758 valence electrons. The zero-order chi connectivity index (χ0) is 100. The van der Waals surface area contributed by atoms with Gasteiger partial charge in [-0.3, -0.25) is 82.7 Å². The van der Waals surface area contributed by atoms with Crippen molar-refractivity contribution in [1.29, 1.82) is 10.8 Å². The van der Waals surface area contributed by atoms with Crippen LogP contribution < -0.4 is 114 Å². The lowest BCUT2D eigenvalue weighted by molar-refractivity contribution is -0.142. The molecule has 1 aromatic carbocycles. The number of primary amides is 1. The van der Waals surface area contributed by atoms with Crippen molar-refractivity contribution in [1.82, 2.24) is 89.7 Å². The Labute approximate surface area is 790 Å². The number of amides is 14. The van der Waals surface area contributed by atoms with Crippen molar-refractivity contribution in [2.75, 3.05) is 51.3 Å². The first-order chi connectivity index (χ1) is 63.8. The van der Waals surface area contributed by atoms with Crippen LogP contribution in [0.2, 0.25) is 0 Å². The third-order valence-electron chi connectivity index (χ3n) is 22.0. The molecule has 0 spiro atoms. The number of nitrogens with two attached hydrogens (primary N) is 6. The molecule has 0 aliphatic rings. The number of aliphatic carboxylic acids is 1. The van der Waals surface area contributed by atoms with Gasteiger partial charge in [0, 0.05) is 38.5 Å². The normalized spacial score (nSPS) is 14.4. The Morgan fingerprint density at radius 3 is 1.15 bits per heavy atom. The largest absolute Gasteiger partial charge is 0.508 e. The number of phenolic OH excluding ortho intramolecular Hbond substituents is 1. The number of hydrogen-bond donors (Lipinski definition) is 28. The summed E-state index contributed by atoms with van der Waals surface area (Å²) in [6.45, 7) is 9.93. The number of guanidine groups is 2. The van der Waals surface area contributed by atoms with Crippen LogP contribution in [-0.4, -0.2) is 267 Å². The maximum atomic E-state index is 14.8. The van der Waals surface area contributed by atoms with Gasteiger partial charge in [-0.15, -0.1) is 0 Å². The van der Waals surface area contributed by atoms with E-state index >= 15 is 0 Å². The highest BCUT2D eigenvalue weighted by Gasteiger charge is 2.40. The van der Waals surface area contributed by atoms with E-state index in [1.807, 2.05) is 0 Å². The quantitative estimate of drug-likeness (QED) is 0.0210. The van der Waals surface area contributed by atoms with Gasteiger partial charge in [0.05, 0.1) is 31.2 Å². The number of aromatic nitrogens is 2. The maximum Gasteiger partial charge on any atom is 0.305 e. The zero-order valence-electron chi connectivity index (χ0n) is 79.2. The summed E-state index contributed by atoms with van der Waals surface area (Å²) < 4.78 is 0. The Hall–Kier alpha value is -11.0. The number of nitrogens with one attached hydrogen (secondary N) is 18. The second-order valence-electron chi connectivity index (χ2n) is 34.7. The van der Waals surface area contributed by atoms with Crippen LogP contribution in [0, 0.1) is 22.7 Å².